The monoisotopic (exact) mass is 147 g/mol. The van der Waals surface area contributed by atoms with Gasteiger partial charge in [-0.25, -0.2) is 0 Å². The summed E-state index contributed by atoms with van der Waals surface area (Å²) in [5.41, 5.74) is 0. The molecule has 4 heteroatoms. The average Bonchev–Trinajstić information content (AvgIpc) is 0. The first-order valence-electron chi connectivity index (χ1n) is 0. The van der Waals surface area contributed by atoms with Gasteiger partial charge in [-0.3, -0.25) is 0 Å². The van der Waals surface area contributed by atoms with Gasteiger partial charge in [0, 0.05) is 17.1 Å². The second kappa shape index (κ2) is 38.9. The van der Waals surface area contributed by atoms with Crippen molar-refractivity contribution in [3.63, 3.8) is 0 Å². The van der Waals surface area contributed by atoms with Crippen molar-refractivity contribution in [1.82, 2.24) is 0 Å². The van der Waals surface area contributed by atoms with Gasteiger partial charge in [0.1, 0.15) is 0 Å². The van der Waals surface area contributed by atoms with Crippen LogP contribution in [0.4, 0.5) is 0 Å². The first-order valence-corrected chi connectivity index (χ1v) is 0. The maximum Gasteiger partial charge on any atom is 2.00 e. The van der Waals surface area contributed by atoms with Crippen LogP contribution in [0.5, 0.6) is 0 Å². The Labute approximate surface area is 45.0 Å². The van der Waals surface area contributed by atoms with Gasteiger partial charge in [0.2, 0.25) is 0 Å². The summed E-state index contributed by atoms with van der Waals surface area (Å²) in [4.78, 5) is 0. The summed E-state index contributed by atoms with van der Waals surface area (Å²) in [6.07, 6.45) is 0. The Balaban J connectivity index is 0. The van der Waals surface area contributed by atoms with Crippen LogP contribution in [0, 0.1) is 0 Å². The first kappa shape index (κ1) is 87.7. The standard InChI is InChI=1S/Mn.Ni.2H2O/h;;2*1H2/q;+2;;/p-2. The molecule has 0 amide bonds. The molecule has 1 radical (unpaired) electrons. The summed E-state index contributed by atoms with van der Waals surface area (Å²) in [5.74, 6) is 0. The van der Waals surface area contributed by atoms with E-state index in [0.29, 0.717) is 0 Å². The Morgan fingerprint density at radius 1 is 0.750 bits per heavy atom. The van der Waals surface area contributed by atoms with Crippen LogP contribution >= 0.6 is 0 Å². The number of hydrogen-bond donors (Lipinski definition) is 0. The number of hydrogen-bond acceptors (Lipinski definition) is 2. The van der Waals surface area contributed by atoms with E-state index in [0.717, 1.165) is 0 Å². The van der Waals surface area contributed by atoms with Crippen molar-refractivity contribution >= 4 is 0 Å². The molecular formula is H2MnNiO2. The quantitative estimate of drug-likeness (QED) is 0.440. The average molecular weight is 148 g/mol. The van der Waals surface area contributed by atoms with Gasteiger partial charge >= 0.3 is 16.5 Å². The zero-order valence-electron chi connectivity index (χ0n) is 1.59. The zero-order valence-corrected chi connectivity index (χ0v) is 3.76. The fourth-order valence-electron chi connectivity index (χ4n) is 0. The van der Waals surface area contributed by atoms with Crippen LogP contribution in [-0.4, -0.2) is 11.0 Å². The second-order valence-corrected chi connectivity index (χ2v) is 0. The molecule has 0 bridgehead atoms. The smallest absolute Gasteiger partial charge is 0.870 e. The molecule has 0 saturated carbocycles. The predicted molar refractivity (Wildman–Crippen MR) is 3.87 cm³/mol. The Bertz CT molecular complexity index is 6.00. The molecule has 0 rings (SSSR count). The fraction of sp³-hybridized carbons (Fsp3) is 0. The zero-order chi connectivity index (χ0) is 0. The molecule has 4 heavy (non-hydrogen) atoms. The van der Waals surface area contributed by atoms with Crippen molar-refractivity contribution in [3.05, 3.63) is 0 Å². The van der Waals surface area contributed by atoms with Gasteiger partial charge in [-0.05, 0) is 0 Å². The van der Waals surface area contributed by atoms with Crippen LogP contribution < -0.4 is 0 Å². The van der Waals surface area contributed by atoms with Gasteiger partial charge in [0.25, 0.3) is 0 Å². The predicted octanol–water partition coefficient (Wildman–Crippen LogP) is -0.359. The largest absolute Gasteiger partial charge is 2.00 e. The maximum absolute atomic E-state index is 0. The van der Waals surface area contributed by atoms with Gasteiger partial charge in [-0.2, -0.15) is 0 Å². The van der Waals surface area contributed by atoms with Gasteiger partial charge in [0.05, 0.1) is 0 Å². The van der Waals surface area contributed by atoms with Crippen LogP contribution in [0.1, 0.15) is 0 Å². The van der Waals surface area contributed by atoms with Gasteiger partial charge in [-0.1, -0.05) is 0 Å². The van der Waals surface area contributed by atoms with Crippen molar-refractivity contribution in [1.29, 1.82) is 0 Å². The van der Waals surface area contributed by atoms with Crippen LogP contribution in [0.25, 0.3) is 0 Å². The minimum atomic E-state index is 0. The van der Waals surface area contributed by atoms with Gasteiger partial charge in [-0.15, -0.1) is 0 Å². The molecule has 0 aliphatic rings. The summed E-state index contributed by atoms with van der Waals surface area (Å²) in [7, 11) is 0. The molecule has 0 saturated heterocycles. The molecule has 0 spiro atoms. The van der Waals surface area contributed by atoms with E-state index in [9.17, 15) is 0 Å². The van der Waals surface area contributed by atoms with E-state index in [1.165, 1.54) is 0 Å². The van der Waals surface area contributed by atoms with E-state index >= 15 is 0 Å². The summed E-state index contributed by atoms with van der Waals surface area (Å²) in [5, 5.41) is 0. The molecule has 0 aromatic rings. The van der Waals surface area contributed by atoms with E-state index < -0.39 is 0 Å². The normalized spacial score (nSPS) is 0. The van der Waals surface area contributed by atoms with E-state index in [-0.39, 0.29) is 44.5 Å². The molecule has 0 aromatic heterocycles. The van der Waals surface area contributed by atoms with E-state index in [1.807, 2.05) is 0 Å². The molecule has 0 atom stereocenters. The third kappa shape index (κ3) is 12.6. The number of rotatable bonds is 0. The molecule has 0 aliphatic heterocycles. The van der Waals surface area contributed by atoms with Crippen molar-refractivity contribution < 1.29 is 44.5 Å². The third-order valence-corrected chi connectivity index (χ3v) is 0. The molecule has 2 N–H and O–H groups in total. The fourth-order valence-corrected chi connectivity index (χ4v) is 0. The molecular weight excluding hydrogens is 146 g/mol. The second-order valence-electron chi connectivity index (χ2n) is 0. The van der Waals surface area contributed by atoms with Crippen molar-refractivity contribution in [3.8, 4) is 0 Å². The summed E-state index contributed by atoms with van der Waals surface area (Å²) in [6.45, 7) is 0. The first-order chi connectivity index (χ1) is 0. The topological polar surface area (TPSA) is 60.0 Å². The Morgan fingerprint density at radius 2 is 0.750 bits per heavy atom. The van der Waals surface area contributed by atoms with Gasteiger partial charge < -0.3 is 11.0 Å². The SMILES string of the molecule is [Mn].[Ni+2].[OH-].[OH-]. The van der Waals surface area contributed by atoms with E-state index in [2.05, 4.69) is 0 Å². The summed E-state index contributed by atoms with van der Waals surface area (Å²) in [6, 6.07) is 0. The minimum Gasteiger partial charge on any atom is -0.870 e. The van der Waals surface area contributed by atoms with Crippen LogP contribution in [0.15, 0.2) is 0 Å². The van der Waals surface area contributed by atoms with E-state index in [4.69, 9.17) is 0 Å². The van der Waals surface area contributed by atoms with Crippen molar-refractivity contribution in [2.24, 2.45) is 0 Å². The molecule has 2 nitrogen and oxygen atoms in total. The Morgan fingerprint density at radius 3 is 0.750 bits per heavy atom. The van der Waals surface area contributed by atoms with Crippen LogP contribution in [0.2, 0.25) is 0 Å². The molecule has 0 aliphatic carbocycles. The summed E-state index contributed by atoms with van der Waals surface area (Å²) >= 11 is 0. The van der Waals surface area contributed by atoms with E-state index in [1.54, 1.807) is 0 Å². The van der Waals surface area contributed by atoms with Crippen LogP contribution in [-0.2, 0) is 33.6 Å². The van der Waals surface area contributed by atoms with Crippen molar-refractivity contribution in [2.75, 3.05) is 0 Å². The molecule has 31 valence electrons. The molecule has 0 aromatic carbocycles. The third-order valence-electron chi connectivity index (χ3n) is 0. The molecule has 0 fully saturated rings. The summed E-state index contributed by atoms with van der Waals surface area (Å²) < 4.78 is 0. The Hall–Kier alpha value is 0.933. The van der Waals surface area contributed by atoms with Crippen LogP contribution in [0.3, 0.4) is 0 Å². The van der Waals surface area contributed by atoms with Gasteiger partial charge in [0.15, 0.2) is 0 Å². The maximum atomic E-state index is 0. The minimum absolute atomic E-state index is 0. The molecule has 0 heterocycles. The molecule has 0 unspecified atom stereocenters. The van der Waals surface area contributed by atoms with Crippen molar-refractivity contribution in [2.45, 2.75) is 0 Å². The Kier molecular flexibility index (Phi) is 852.